The molecular weight excluding hydrogens is 340 g/mol. The van der Waals surface area contributed by atoms with Crippen molar-refractivity contribution in [2.75, 3.05) is 51.6 Å². The lowest BCUT2D eigenvalue weighted by Gasteiger charge is -2.38. The molecular formula is C20H36N6O. The molecule has 2 saturated heterocycles. The zero-order chi connectivity index (χ0) is 19.1. The van der Waals surface area contributed by atoms with E-state index >= 15 is 0 Å². The Bertz CT molecular complexity index is 581. The molecule has 2 aliphatic rings. The van der Waals surface area contributed by atoms with E-state index in [2.05, 4.69) is 39.1 Å². The van der Waals surface area contributed by atoms with Gasteiger partial charge in [0.05, 0.1) is 6.20 Å². The van der Waals surface area contributed by atoms with Crippen molar-refractivity contribution < 1.29 is 4.79 Å². The van der Waals surface area contributed by atoms with Gasteiger partial charge in [-0.2, -0.15) is 5.10 Å². The number of carbonyl (C=O) groups is 1. The summed E-state index contributed by atoms with van der Waals surface area (Å²) in [7, 11) is 2.19. The Morgan fingerprint density at radius 2 is 2.00 bits per heavy atom. The van der Waals surface area contributed by atoms with Crippen LogP contribution in [-0.4, -0.2) is 82.9 Å². The van der Waals surface area contributed by atoms with E-state index in [0.29, 0.717) is 6.04 Å². The highest BCUT2D eigenvalue weighted by Crippen LogP contribution is 2.22. The van der Waals surface area contributed by atoms with Crippen molar-refractivity contribution in [1.82, 2.24) is 24.5 Å². The van der Waals surface area contributed by atoms with Crippen LogP contribution in [0.5, 0.6) is 0 Å². The molecule has 1 atom stereocenters. The van der Waals surface area contributed by atoms with E-state index in [1.165, 1.54) is 6.42 Å². The molecule has 1 aromatic rings. The van der Waals surface area contributed by atoms with Crippen LogP contribution in [0.4, 0.5) is 10.6 Å². The Balaban J connectivity index is 1.53. The summed E-state index contributed by atoms with van der Waals surface area (Å²) in [6.45, 7) is 9.57. The molecule has 0 spiro atoms. The first-order valence-electron chi connectivity index (χ1n) is 10.7. The Hall–Kier alpha value is -1.60. The van der Waals surface area contributed by atoms with Gasteiger partial charge in [0.25, 0.3) is 0 Å². The van der Waals surface area contributed by atoms with Crippen LogP contribution >= 0.6 is 0 Å². The molecule has 0 aliphatic carbocycles. The SMILES string of the molecule is CCCCn1nccc1NC(=O)N1CCCC[C@H]1CCN1CCN(C)CC1. The van der Waals surface area contributed by atoms with Crippen molar-refractivity contribution in [3.8, 4) is 0 Å². The summed E-state index contributed by atoms with van der Waals surface area (Å²) in [5, 5.41) is 7.46. The van der Waals surface area contributed by atoms with Gasteiger partial charge < -0.3 is 14.7 Å². The second-order valence-corrected chi connectivity index (χ2v) is 8.00. The molecule has 0 aromatic carbocycles. The lowest BCUT2D eigenvalue weighted by molar-refractivity contribution is 0.122. The first-order valence-corrected chi connectivity index (χ1v) is 10.7. The predicted molar refractivity (Wildman–Crippen MR) is 109 cm³/mol. The van der Waals surface area contributed by atoms with Crippen LogP contribution in [0.25, 0.3) is 0 Å². The predicted octanol–water partition coefficient (Wildman–Crippen LogP) is 2.71. The number of amides is 2. The summed E-state index contributed by atoms with van der Waals surface area (Å²) in [4.78, 5) is 19.9. The van der Waals surface area contributed by atoms with E-state index in [0.717, 1.165) is 83.7 Å². The van der Waals surface area contributed by atoms with E-state index < -0.39 is 0 Å². The van der Waals surface area contributed by atoms with E-state index in [4.69, 9.17) is 0 Å². The number of anilines is 1. The summed E-state index contributed by atoms with van der Waals surface area (Å²) in [5.74, 6) is 0.817. The third-order valence-electron chi connectivity index (χ3n) is 5.94. The summed E-state index contributed by atoms with van der Waals surface area (Å²) in [5.41, 5.74) is 0. The number of aryl methyl sites for hydroxylation is 1. The van der Waals surface area contributed by atoms with Gasteiger partial charge in [-0.3, -0.25) is 5.32 Å². The molecule has 0 unspecified atom stereocenters. The lowest BCUT2D eigenvalue weighted by Crippen LogP contribution is -2.49. The third kappa shape index (κ3) is 5.69. The molecule has 0 saturated carbocycles. The number of urea groups is 1. The number of piperazine rings is 1. The van der Waals surface area contributed by atoms with Crippen molar-refractivity contribution in [2.24, 2.45) is 0 Å². The molecule has 3 heterocycles. The number of carbonyl (C=O) groups excluding carboxylic acids is 1. The Morgan fingerprint density at radius 3 is 2.78 bits per heavy atom. The van der Waals surface area contributed by atoms with E-state index in [9.17, 15) is 4.79 Å². The fourth-order valence-corrected chi connectivity index (χ4v) is 4.08. The number of hydrogen-bond donors (Lipinski definition) is 1. The van der Waals surface area contributed by atoms with Gasteiger partial charge in [-0.1, -0.05) is 13.3 Å². The van der Waals surface area contributed by atoms with Gasteiger partial charge in [0.15, 0.2) is 0 Å². The molecule has 3 rings (SSSR count). The van der Waals surface area contributed by atoms with Crippen LogP contribution < -0.4 is 5.32 Å². The van der Waals surface area contributed by atoms with Gasteiger partial charge in [-0.15, -0.1) is 0 Å². The molecule has 0 bridgehead atoms. The molecule has 2 fully saturated rings. The van der Waals surface area contributed by atoms with Crippen LogP contribution in [0.3, 0.4) is 0 Å². The van der Waals surface area contributed by atoms with E-state index in [1.807, 2.05) is 10.7 Å². The minimum absolute atomic E-state index is 0.0383. The van der Waals surface area contributed by atoms with Crippen molar-refractivity contribution in [1.29, 1.82) is 0 Å². The monoisotopic (exact) mass is 376 g/mol. The van der Waals surface area contributed by atoms with Crippen molar-refractivity contribution in [3.63, 3.8) is 0 Å². The first kappa shape index (κ1) is 20.1. The van der Waals surface area contributed by atoms with Crippen LogP contribution in [0.2, 0.25) is 0 Å². The number of unbranched alkanes of at least 4 members (excludes halogenated alkanes) is 1. The minimum atomic E-state index is 0.0383. The molecule has 7 heteroatoms. The number of likely N-dealkylation sites (tertiary alicyclic amines) is 1. The summed E-state index contributed by atoms with van der Waals surface area (Å²) < 4.78 is 1.91. The van der Waals surface area contributed by atoms with Gasteiger partial charge in [-0.05, 0) is 39.2 Å². The number of likely N-dealkylation sites (N-methyl/N-ethyl adjacent to an activating group) is 1. The van der Waals surface area contributed by atoms with Crippen LogP contribution in [0.15, 0.2) is 12.3 Å². The average molecular weight is 377 g/mol. The highest BCUT2D eigenvalue weighted by molar-refractivity contribution is 5.88. The maximum Gasteiger partial charge on any atom is 0.323 e. The maximum atomic E-state index is 12.9. The lowest BCUT2D eigenvalue weighted by atomic mass is 9.99. The molecule has 152 valence electrons. The average Bonchev–Trinajstić information content (AvgIpc) is 3.13. The highest BCUT2D eigenvalue weighted by Gasteiger charge is 2.28. The maximum absolute atomic E-state index is 12.9. The van der Waals surface area contributed by atoms with Crippen LogP contribution in [0.1, 0.15) is 45.4 Å². The number of rotatable bonds is 7. The number of hydrogen-bond acceptors (Lipinski definition) is 4. The smallest absolute Gasteiger partial charge is 0.321 e. The quantitative estimate of drug-likeness (QED) is 0.795. The van der Waals surface area contributed by atoms with Crippen LogP contribution in [0, 0.1) is 0 Å². The molecule has 2 amide bonds. The molecule has 1 aromatic heterocycles. The third-order valence-corrected chi connectivity index (χ3v) is 5.94. The van der Waals surface area contributed by atoms with Gasteiger partial charge >= 0.3 is 6.03 Å². The Morgan fingerprint density at radius 1 is 1.19 bits per heavy atom. The second-order valence-electron chi connectivity index (χ2n) is 8.00. The topological polar surface area (TPSA) is 56.6 Å². The summed E-state index contributed by atoms with van der Waals surface area (Å²) >= 11 is 0. The van der Waals surface area contributed by atoms with Crippen molar-refractivity contribution in [2.45, 2.75) is 58.0 Å². The van der Waals surface area contributed by atoms with Gasteiger partial charge in [-0.25, -0.2) is 9.48 Å². The summed E-state index contributed by atoms with van der Waals surface area (Å²) in [6, 6.07) is 2.29. The number of nitrogens with one attached hydrogen (secondary N) is 1. The molecule has 0 radical (unpaired) electrons. The van der Waals surface area contributed by atoms with Crippen molar-refractivity contribution >= 4 is 11.8 Å². The van der Waals surface area contributed by atoms with E-state index in [1.54, 1.807) is 6.20 Å². The summed E-state index contributed by atoms with van der Waals surface area (Å²) in [6.07, 6.45) is 8.49. The molecule has 2 aliphatic heterocycles. The standard InChI is InChI=1S/C20H36N6O/c1-3-4-12-26-19(8-10-21-26)22-20(27)25-11-6-5-7-18(25)9-13-24-16-14-23(2)15-17-24/h8,10,18H,3-7,9,11-17H2,1-2H3,(H,22,27)/t18-/m0/s1. The fourth-order valence-electron chi connectivity index (χ4n) is 4.08. The highest BCUT2D eigenvalue weighted by atomic mass is 16.2. The Labute approximate surface area is 163 Å². The largest absolute Gasteiger partial charge is 0.323 e. The van der Waals surface area contributed by atoms with Crippen molar-refractivity contribution in [3.05, 3.63) is 12.3 Å². The Kier molecular flexibility index (Phi) is 7.52. The normalized spacial score (nSPS) is 22.1. The molecule has 7 nitrogen and oxygen atoms in total. The second kappa shape index (κ2) is 10.1. The zero-order valence-electron chi connectivity index (χ0n) is 17.1. The number of aromatic nitrogens is 2. The fraction of sp³-hybridized carbons (Fsp3) is 0.800. The minimum Gasteiger partial charge on any atom is -0.321 e. The van der Waals surface area contributed by atoms with Crippen LogP contribution in [-0.2, 0) is 6.54 Å². The first-order chi connectivity index (χ1) is 13.2. The number of piperidine rings is 1. The van der Waals surface area contributed by atoms with Gasteiger partial charge in [0.1, 0.15) is 5.82 Å². The molecule has 27 heavy (non-hydrogen) atoms. The zero-order valence-corrected chi connectivity index (χ0v) is 17.1. The number of nitrogens with zero attached hydrogens (tertiary/aromatic N) is 5. The van der Waals surface area contributed by atoms with Gasteiger partial charge in [0.2, 0.25) is 0 Å². The molecule has 1 N–H and O–H groups in total. The van der Waals surface area contributed by atoms with E-state index in [-0.39, 0.29) is 6.03 Å². The van der Waals surface area contributed by atoms with Gasteiger partial charge in [0, 0.05) is 57.9 Å².